The minimum atomic E-state index is -4.21. The van der Waals surface area contributed by atoms with Gasteiger partial charge in [0.05, 0.1) is 0 Å². The number of nitrogens with zero attached hydrogens (tertiary/aromatic N) is 1. The molecule has 0 aliphatic heterocycles. The minimum Gasteiger partial charge on any atom is -0.358 e. The fourth-order valence-corrected chi connectivity index (χ4v) is 3.61. The van der Waals surface area contributed by atoms with E-state index in [-0.39, 0.29) is 18.7 Å². The number of likely N-dealkylation sites (N-methyl/N-ethyl adjacent to an activating group) is 1. The first-order valence-corrected chi connectivity index (χ1v) is 10.2. The van der Waals surface area contributed by atoms with Crippen molar-refractivity contribution in [2.24, 2.45) is 0 Å². The Labute approximate surface area is 174 Å². The first kappa shape index (κ1) is 22.8. The van der Waals surface area contributed by atoms with E-state index in [2.05, 4.69) is 22.5 Å². The smallest absolute Gasteiger partial charge is 0.258 e. The Morgan fingerprint density at radius 1 is 1.27 bits per heavy atom. The van der Waals surface area contributed by atoms with Crippen molar-refractivity contribution in [2.45, 2.75) is 4.90 Å². The molecule has 2 aromatic rings. The molecule has 2 aromatic carbocycles. The second kappa shape index (κ2) is 9.82. The van der Waals surface area contributed by atoms with E-state index in [0.29, 0.717) is 11.3 Å². The summed E-state index contributed by atoms with van der Waals surface area (Å²) < 4.78 is 41.0. The predicted octanol–water partition coefficient (Wildman–Crippen LogP) is 1.66. The van der Waals surface area contributed by atoms with Crippen LogP contribution in [0.5, 0.6) is 0 Å². The van der Waals surface area contributed by atoms with Crippen LogP contribution in [0.25, 0.3) is 0 Å². The first-order valence-electron chi connectivity index (χ1n) is 8.72. The topological polar surface area (TPSA) is 95.6 Å². The number of amides is 2. The molecular formula is C21H20FN3O4S. The third-order valence-electron chi connectivity index (χ3n) is 4.04. The van der Waals surface area contributed by atoms with Crippen LogP contribution >= 0.6 is 0 Å². The summed E-state index contributed by atoms with van der Waals surface area (Å²) in [5.41, 5.74) is 0.696. The fourth-order valence-electron chi connectivity index (χ4n) is 2.51. The summed E-state index contributed by atoms with van der Waals surface area (Å²) in [4.78, 5) is 25.5. The van der Waals surface area contributed by atoms with Crippen molar-refractivity contribution >= 4 is 27.5 Å². The lowest BCUT2D eigenvalue weighted by molar-refractivity contribution is -0.119. The molecule has 0 bridgehead atoms. The Kier molecular flexibility index (Phi) is 7.47. The van der Waals surface area contributed by atoms with Gasteiger partial charge in [-0.1, -0.05) is 18.1 Å². The zero-order chi connectivity index (χ0) is 22.3. The van der Waals surface area contributed by atoms with Crippen molar-refractivity contribution in [2.75, 3.05) is 25.0 Å². The van der Waals surface area contributed by atoms with Crippen molar-refractivity contribution in [3.63, 3.8) is 0 Å². The maximum atomic E-state index is 14.2. The van der Waals surface area contributed by atoms with Gasteiger partial charge >= 0.3 is 0 Å². The van der Waals surface area contributed by atoms with E-state index in [1.807, 2.05) is 0 Å². The quantitative estimate of drug-likeness (QED) is 0.493. The second-order valence-corrected chi connectivity index (χ2v) is 7.78. The predicted molar refractivity (Wildman–Crippen MR) is 112 cm³/mol. The van der Waals surface area contributed by atoms with Crippen molar-refractivity contribution < 1.29 is 22.4 Å². The number of hydrogen-bond acceptors (Lipinski definition) is 4. The second-order valence-electron chi connectivity index (χ2n) is 6.04. The van der Waals surface area contributed by atoms with Crippen LogP contribution in [0.2, 0.25) is 0 Å². The van der Waals surface area contributed by atoms with Crippen molar-refractivity contribution in [3.05, 3.63) is 72.1 Å². The average molecular weight is 429 g/mol. The first-order chi connectivity index (χ1) is 14.2. The van der Waals surface area contributed by atoms with Crippen molar-refractivity contribution in [1.82, 2.24) is 10.0 Å². The van der Waals surface area contributed by atoms with E-state index in [1.54, 1.807) is 18.2 Å². The Hall–Kier alpha value is -3.48. The molecule has 0 saturated heterocycles. The highest BCUT2D eigenvalue weighted by molar-refractivity contribution is 7.89. The lowest BCUT2D eigenvalue weighted by atomic mass is 10.1. The molecule has 2 rings (SSSR count). The molecule has 0 unspecified atom stereocenters. The molecule has 2 N–H and O–H groups in total. The third-order valence-corrected chi connectivity index (χ3v) is 5.47. The van der Waals surface area contributed by atoms with Crippen LogP contribution in [0.4, 0.5) is 10.1 Å². The van der Waals surface area contributed by atoms with E-state index < -0.39 is 32.6 Å². The number of carbonyl (C=O) groups excluding carboxylic acids is 2. The van der Waals surface area contributed by atoms with Crippen molar-refractivity contribution in [3.8, 4) is 12.3 Å². The van der Waals surface area contributed by atoms with E-state index in [1.165, 1.54) is 19.2 Å². The molecule has 2 amide bonds. The Morgan fingerprint density at radius 3 is 2.63 bits per heavy atom. The van der Waals surface area contributed by atoms with Gasteiger partial charge in [0, 0.05) is 30.4 Å². The number of carbonyl (C=O) groups is 2. The maximum absolute atomic E-state index is 14.2. The van der Waals surface area contributed by atoms with Gasteiger partial charge in [-0.25, -0.2) is 17.5 Å². The van der Waals surface area contributed by atoms with E-state index in [4.69, 9.17) is 6.42 Å². The number of halogens is 1. The van der Waals surface area contributed by atoms with Crippen LogP contribution in [0.3, 0.4) is 0 Å². The monoisotopic (exact) mass is 429 g/mol. The normalized spacial score (nSPS) is 10.7. The Morgan fingerprint density at radius 2 is 2.00 bits per heavy atom. The average Bonchev–Trinajstić information content (AvgIpc) is 2.75. The summed E-state index contributed by atoms with van der Waals surface area (Å²) in [5, 5.41) is 2.42. The van der Waals surface area contributed by atoms with Gasteiger partial charge in [0.1, 0.15) is 17.3 Å². The van der Waals surface area contributed by atoms with Crippen LogP contribution < -0.4 is 14.9 Å². The minimum absolute atomic E-state index is 0.109. The number of nitrogens with one attached hydrogen (secondary N) is 2. The van der Waals surface area contributed by atoms with Gasteiger partial charge in [-0.15, -0.1) is 13.0 Å². The molecule has 0 radical (unpaired) electrons. The van der Waals surface area contributed by atoms with E-state index in [0.717, 1.165) is 23.1 Å². The number of sulfonamides is 1. The molecule has 156 valence electrons. The molecule has 0 aliphatic carbocycles. The zero-order valence-corrected chi connectivity index (χ0v) is 17.0. The number of anilines is 1. The van der Waals surface area contributed by atoms with Crippen LogP contribution in [0.1, 0.15) is 15.9 Å². The lowest BCUT2D eigenvalue weighted by Gasteiger charge is -2.23. The summed E-state index contributed by atoms with van der Waals surface area (Å²) in [6, 6.07) is 9.33. The molecule has 0 aliphatic rings. The molecule has 0 fully saturated rings. The molecule has 0 atom stereocenters. The lowest BCUT2D eigenvalue weighted by Crippen LogP contribution is -2.40. The van der Waals surface area contributed by atoms with Crippen LogP contribution in [0.15, 0.2) is 60.0 Å². The van der Waals surface area contributed by atoms with Gasteiger partial charge in [-0.3, -0.25) is 14.5 Å². The van der Waals surface area contributed by atoms with E-state index >= 15 is 0 Å². The molecule has 0 saturated carbocycles. The highest BCUT2D eigenvalue weighted by Crippen LogP contribution is 2.22. The van der Waals surface area contributed by atoms with Gasteiger partial charge in [0.2, 0.25) is 15.9 Å². The summed E-state index contributed by atoms with van der Waals surface area (Å²) in [6.45, 7) is 2.94. The summed E-state index contributed by atoms with van der Waals surface area (Å²) in [5.74, 6) is 0.260. The summed E-state index contributed by atoms with van der Waals surface area (Å²) in [7, 11) is -2.80. The van der Waals surface area contributed by atoms with Crippen LogP contribution in [-0.4, -0.2) is 40.4 Å². The molecule has 0 heterocycles. The van der Waals surface area contributed by atoms with Gasteiger partial charge in [-0.05, 0) is 36.4 Å². The molecule has 7 nitrogen and oxygen atoms in total. The largest absolute Gasteiger partial charge is 0.358 e. The highest BCUT2D eigenvalue weighted by atomic mass is 32.2. The summed E-state index contributed by atoms with van der Waals surface area (Å²) >= 11 is 0. The third kappa shape index (κ3) is 5.31. The Balaban J connectivity index is 2.52. The highest BCUT2D eigenvalue weighted by Gasteiger charge is 2.25. The molecule has 9 heteroatoms. The molecule has 30 heavy (non-hydrogen) atoms. The standard InChI is InChI=1S/C21H20FN3O4S/c1-4-11-24-30(28,29)19-13-16(9-10-18(19)22)21(27)25(14-20(26)23-3)17-8-6-7-15(5-2)12-17/h2,4,6-10,12-13,24H,1,11,14H2,3H3,(H,23,26). The van der Waals surface area contributed by atoms with Gasteiger partial charge in [-0.2, -0.15) is 0 Å². The number of rotatable bonds is 8. The van der Waals surface area contributed by atoms with Gasteiger partial charge < -0.3 is 5.32 Å². The van der Waals surface area contributed by atoms with E-state index in [9.17, 15) is 22.4 Å². The van der Waals surface area contributed by atoms with Crippen molar-refractivity contribution in [1.29, 1.82) is 0 Å². The number of benzene rings is 2. The maximum Gasteiger partial charge on any atom is 0.258 e. The van der Waals surface area contributed by atoms with Crippen LogP contribution in [-0.2, 0) is 14.8 Å². The Bertz CT molecular complexity index is 1120. The number of terminal acetylenes is 1. The zero-order valence-electron chi connectivity index (χ0n) is 16.2. The molecular weight excluding hydrogens is 409 g/mol. The molecule has 0 aromatic heterocycles. The fraction of sp³-hybridized carbons (Fsp3) is 0.143. The SMILES string of the molecule is C#Cc1cccc(N(CC(=O)NC)C(=O)c2ccc(F)c(S(=O)(=O)NCC=C)c2)c1. The molecule has 0 spiro atoms. The van der Waals surface area contributed by atoms with Crippen LogP contribution in [0, 0.1) is 18.2 Å². The van der Waals surface area contributed by atoms with Gasteiger partial charge in [0.25, 0.3) is 5.91 Å². The van der Waals surface area contributed by atoms with Gasteiger partial charge in [0.15, 0.2) is 0 Å². The summed E-state index contributed by atoms with van der Waals surface area (Å²) in [6.07, 6.45) is 6.70. The number of hydrogen-bond donors (Lipinski definition) is 2.